The van der Waals surface area contributed by atoms with E-state index in [9.17, 15) is 18.0 Å². The molecule has 2 rings (SSSR count). The summed E-state index contributed by atoms with van der Waals surface area (Å²) in [6.07, 6.45) is -3.67. The molecular weight excluding hydrogens is 295 g/mol. The summed E-state index contributed by atoms with van der Waals surface area (Å²) in [5.74, 6) is -4.40. The molecule has 1 aromatic rings. The van der Waals surface area contributed by atoms with Crippen LogP contribution in [-0.4, -0.2) is 41.8 Å². The van der Waals surface area contributed by atoms with Crippen LogP contribution in [0.15, 0.2) is 30.3 Å². The second-order valence-electron chi connectivity index (χ2n) is 5.83. The molecule has 3 nitrogen and oxygen atoms in total. The molecule has 3 atom stereocenters. The van der Waals surface area contributed by atoms with Crippen LogP contribution in [0.4, 0.5) is 13.2 Å². The molecule has 1 aliphatic rings. The number of nitrogens with zero attached hydrogens (tertiary/aromatic N) is 1. The van der Waals surface area contributed by atoms with Crippen LogP contribution in [0.25, 0.3) is 0 Å². The average Bonchev–Trinajstić information content (AvgIpc) is 2.90. The molecule has 0 aliphatic carbocycles. The highest BCUT2D eigenvalue weighted by Crippen LogP contribution is 2.38. The summed E-state index contributed by atoms with van der Waals surface area (Å²) >= 11 is 0. The maximum absolute atomic E-state index is 13.0. The van der Waals surface area contributed by atoms with Crippen LogP contribution < -0.4 is 0 Å². The number of carbonyl (C=O) groups is 1. The fourth-order valence-corrected chi connectivity index (χ4v) is 3.12. The summed E-state index contributed by atoms with van der Waals surface area (Å²) in [5, 5.41) is 9.05. The summed E-state index contributed by atoms with van der Waals surface area (Å²) in [6.45, 7) is 2.17. The second-order valence-corrected chi connectivity index (χ2v) is 5.83. The van der Waals surface area contributed by atoms with Crippen LogP contribution in [0.2, 0.25) is 0 Å². The first-order valence-corrected chi connectivity index (χ1v) is 7.39. The number of aliphatic carboxylic acids is 1. The fourth-order valence-electron chi connectivity index (χ4n) is 3.12. The van der Waals surface area contributed by atoms with Gasteiger partial charge in [-0.15, -0.1) is 0 Å². The minimum Gasteiger partial charge on any atom is -0.481 e. The van der Waals surface area contributed by atoms with Gasteiger partial charge in [-0.2, -0.15) is 13.2 Å². The predicted octanol–water partition coefficient (Wildman–Crippen LogP) is 3.38. The Kier molecular flexibility index (Phi) is 5.11. The van der Waals surface area contributed by atoms with Crippen LogP contribution in [0, 0.1) is 11.8 Å². The minimum absolute atomic E-state index is 0.0388. The zero-order chi connectivity index (χ0) is 16.3. The Hall–Kier alpha value is -1.56. The number of rotatable bonds is 5. The van der Waals surface area contributed by atoms with Gasteiger partial charge >= 0.3 is 12.1 Å². The van der Waals surface area contributed by atoms with E-state index in [4.69, 9.17) is 5.11 Å². The molecule has 0 radical (unpaired) electrons. The molecule has 6 heteroatoms. The molecule has 122 valence electrons. The van der Waals surface area contributed by atoms with Crippen molar-refractivity contribution < 1.29 is 23.1 Å². The second kappa shape index (κ2) is 6.69. The topological polar surface area (TPSA) is 40.5 Å². The summed E-state index contributed by atoms with van der Waals surface area (Å²) in [6, 6.07) is 9.62. The lowest BCUT2D eigenvalue weighted by Gasteiger charge is -2.23. The largest absolute Gasteiger partial charge is 0.481 e. The van der Waals surface area contributed by atoms with Crippen molar-refractivity contribution in [1.29, 1.82) is 0 Å². The van der Waals surface area contributed by atoms with Crippen molar-refractivity contribution >= 4 is 5.97 Å². The minimum atomic E-state index is -4.47. The van der Waals surface area contributed by atoms with E-state index in [0.29, 0.717) is 6.54 Å². The molecule has 0 bridgehead atoms. The molecule has 1 fully saturated rings. The van der Waals surface area contributed by atoms with Gasteiger partial charge in [0.1, 0.15) is 0 Å². The van der Waals surface area contributed by atoms with Crippen molar-refractivity contribution in [1.82, 2.24) is 4.90 Å². The van der Waals surface area contributed by atoms with Gasteiger partial charge in [0.2, 0.25) is 0 Å². The molecule has 0 amide bonds. The van der Waals surface area contributed by atoms with Crippen molar-refractivity contribution in [2.45, 2.75) is 25.4 Å². The number of carboxylic acid groups (broad SMARTS) is 1. The highest BCUT2D eigenvalue weighted by molar-refractivity contribution is 5.71. The van der Waals surface area contributed by atoms with Gasteiger partial charge in [-0.1, -0.05) is 37.3 Å². The molecule has 1 aliphatic heterocycles. The molecule has 1 saturated heterocycles. The first-order chi connectivity index (χ1) is 10.3. The SMILES string of the molecule is CCC(CN1C[C@@H](C(F)(F)F)[C@H](C(=O)O)C1)c1ccccc1. The third-order valence-corrected chi connectivity index (χ3v) is 4.38. The Morgan fingerprint density at radius 1 is 1.32 bits per heavy atom. The number of hydrogen-bond donors (Lipinski definition) is 1. The van der Waals surface area contributed by atoms with Gasteiger partial charge in [-0.3, -0.25) is 4.79 Å². The standard InChI is InChI=1S/C16H20F3NO2/c1-2-11(12-6-4-3-5-7-12)8-20-9-13(15(21)22)14(10-20)16(17,18)19/h3-7,11,13-14H,2,8-10H2,1H3,(H,21,22)/t11?,13-,14-/m1/s1. The smallest absolute Gasteiger partial charge is 0.393 e. The van der Waals surface area contributed by atoms with E-state index >= 15 is 0 Å². The zero-order valence-corrected chi connectivity index (χ0v) is 12.4. The molecule has 1 N–H and O–H groups in total. The normalized spacial score (nSPS) is 24.4. The van der Waals surface area contributed by atoms with Crippen LogP contribution in [0.3, 0.4) is 0 Å². The van der Waals surface area contributed by atoms with Crippen molar-refractivity contribution in [3.05, 3.63) is 35.9 Å². The maximum Gasteiger partial charge on any atom is 0.393 e. The summed E-state index contributed by atoms with van der Waals surface area (Å²) in [7, 11) is 0. The van der Waals surface area contributed by atoms with Crippen LogP contribution in [-0.2, 0) is 4.79 Å². The lowest BCUT2D eigenvalue weighted by Crippen LogP contribution is -2.33. The quantitative estimate of drug-likeness (QED) is 0.905. The van der Waals surface area contributed by atoms with Gasteiger partial charge in [0, 0.05) is 19.6 Å². The predicted molar refractivity (Wildman–Crippen MR) is 76.6 cm³/mol. The number of carboxylic acids is 1. The third kappa shape index (κ3) is 3.80. The molecule has 1 heterocycles. The van der Waals surface area contributed by atoms with Gasteiger partial charge in [0.15, 0.2) is 0 Å². The van der Waals surface area contributed by atoms with Gasteiger partial charge < -0.3 is 10.0 Å². The number of benzene rings is 1. The number of hydrogen-bond acceptors (Lipinski definition) is 2. The third-order valence-electron chi connectivity index (χ3n) is 4.38. The van der Waals surface area contributed by atoms with E-state index in [1.807, 2.05) is 37.3 Å². The van der Waals surface area contributed by atoms with Crippen molar-refractivity contribution in [3.63, 3.8) is 0 Å². The summed E-state index contributed by atoms with van der Waals surface area (Å²) < 4.78 is 39.0. The Balaban J connectivity index is 2.09. The molecule has 0 saturated carbocycles. The number of alkyl halides is 3. The number of halogens is 3. The molecule has 1 aromatic carbocycles. The first-order valence-electron chi connectivity index (χ1n) is 7.39. The van der Waals surface area contributed by atoms with Crippen LogP contribution >= 0.6 is 0 Å². The van der Waals surface area contributed by atoms with E-state index in [2.05, 4.69) is 0 Å². The lowest BCUT2D eigenvalue weighted by atomic mass is 9.96. The fraction of sp³-hybridized carbons (Fsp3) is 0.562. The Labute approximate surface area is 127 Å². The van der Waals surface area contributed by atoms with Gasteiger partial charge in [-0.05, 0) is 17.9 Å². The maximum atomic E-state index is 13.0. The van der Waals surface area contributed by atoms with Gasteiger partial charge in [0.05, 0.1) is 11.8 Å². The zero-order valence-electron chi connectivity index (χ0n) is 12.4. The van der Waals surface area contributed by atoms with Crippen LogP contribution in [0.5, 0.6) is 0 Å². The van der Waals surface area contributed by atoms with Crippen molar-refractivity contribution in [2.24, 2.45) is 11.8 Å². The highest BCUT2D eigenvalue weighted by Gasteiger charge is 2.52. The first kappa shape index (κ1) is 16.8. The van der Waals surface area contributed by atoms with E-state index in [0.717, 1.165) is 12.0 Å². The Bertz CT molecular complexity index is 504. The Morgan fingerprint density at radius 2 is 1.95 bits per heavy atom. The van der Waals surface area contributed by atoms with E-state index < -0.39 is 24.0 Å². The average molecular weight is 315 g/mol. The molecule has 1 unspecified atom stereocenters. The molecule has 22 heavy (non-hydrogen) atoms. The lowest BCUT2D eigenvalue weighted by molar-refractivity contribution is -0.188. The van der Waals surface area contributed by atoms with E-state index in [-0.39, 0.29) is 19.0 Å². The van der Waals surface area contributed by atoms with Gasteiger partial charge in [0.25, 0.3) is 0 Å². The molecule has 0 aromatic heterocycles. The summed E-state index contributed by atoms with van der Waals surface area (Å²) in [4.78, 5) is 12.7. The molecular formula is C16H20F3NO2. The van der Waals surface area contributed by atoms with Crippen molar-refractivity contribution in [2.75, 3.05) is 19.6 Å². The van der Waals surface area contributed by atoms with E-state index in [1.54, 1.807) is 4.90 Å². The monoisotopic (exact) mass is 315 g/mol. The van der Waals surface area contributed by atoms with Crippen LogP contribution in [0.1, 0.15) is 24.8 Å². The highest BCUT2D eigenvalue weighted by atomic mass is 19.4. The molecule has 0 spiro atoms. The summed E-state index contributed by atoms with van der Waals surface area (Å²) in [5.41, 5.74) is 1.08. The van der Waals surface area contributed by atoms with E-state index in [1.165, 1.54) is 0 Å². The number of likely N-dealkylation sites (tertiary alicyclic amines) is 1. The van der Waals surface area contributed by atoms with Crippen molar-refractivity contribution in [3.8, 4) is 0 Å². The van der Waals surface area contributed by atoms with Gasteiger partial charge in [-0.25, -0.2) is 0 Å². The Morgan fingerprint density at radius 3 is 2.41 bits per heavy atom.